The van der Waals surface area contributed by atoms with E-state index in [0.29, 0.717) is 0 Å². The molecule has 0 aliphatic heterocycles. The van der Waals surface area contributed by atoms with E-state index in [1.807, 2.05) is 11.3 Å². The van der Waals surface area contributed by atoms with Crippen LogP contribution in [-0.2, 0) is 5.41 Å². The Morgan fingerprint density at radius 2 is 0.857 bits per heavy atom. The summed E-state index contributed by atoms with van der Waals surface area (Å²) in [5.41, 5.74) is 13.0. The molecule has 0 saturated carbocycles. The molecule has 56 heavy (non-hydrogen) atoms. The van der Waals surface area contributed by atoms with E-state index < -0.39 is 0 Å². The molecule has 11 aromatic rings. The van der Waals surface area contributed by atoms with E-state index in [1.54, 1.807) is 0 Å². The Labute approximate surface area is 329 Å². The number of rotatable bonds is 3. The molecule has 0 atom stereocenters. The maximum Gasteiger partial charge on any atom is 0.0361 e. The van der Waals surface area contributed by atoms with Crippen LogP contribution in [0, 0.1) is 0 Å². The van der Waals surface area contributed by atoms with Gasteiger partial charge in [-0.3, -0.25) is 0 Å². The summed E-state index contributed by atoms with van der Waals surface area (Å²) in [5, 5.41) is 13.0. The van der Waals surface area contributed by atoms with Gasteiger partial charge in [0, 0.05) is 25.6 Å². The normalized spacial score (nSPS) is 13.3. The van der Waals surface area contributed by atoms with Crippen LogP contribution in [0.15, 0.2) is 182 Å². The van der Waals surface area contributed by atoms with Gasteiger partial charge in [-0.05, 0) is 147 Å². The Balaban J connectivity index is 1.04. The first-order valence-electron chi connectivity index (χ1n) is 19.6. The van der Waals surface area contributed by atoms with Crippen LogP contribution < -0.4 is 0 Å². The van der Waals surface area contributed by atoms with Crippen molar-refractivity contribution in [2.75, 3.05) is 0 Å². The molecule has 0 saturated heterocycles. The van der Waals surface area contributed by atoms with Gasteiger partial charge in [-0.1, -0.05) is 147 Å². The number of hydrogen-bond acceptors (Lipinski definition) is 1. The lowest BCUT2D eigenvalue weighted by molar-refractivity contribution is 0.661. The zero-order valence-corrected chi connectivity index (χ0v) is 32.0. The van der Waals surface area contributed by atoms with E-state index in [1.165, 1.54) is 119 Å². The van der Waals surface area contributed by atoms with Crippen LogP contribution >= 0.6 is 11.3 Å². The number of thiophene rings is 1. The molecule has 0 spiro atoms. The van der Waals surface area contributed by atoms with Crippen molar-refractivity contribution >= 4 is 74.6 Å². The fourth-order valence-corrected chi connectivity index (χ4v) is 11.0. The summed E-state index contributed by atoms with van der Waals surface area (Å²) in [6.45, 7) is 4.79. The molecule has 0 unspecified atom stereocenters. The Hall–Kier alpha value is -6.54. The first kappa shape index (κ1) is 31.8. The lowest BCUT2D eigenvalue weighted by Gasteiger charge is -2.22. The molecule has 12 rings (SSSR count). The third-order valence-electron chi connectivity index (χ3n) is 12.6. The van der Waals surface area contributed by atoms with Crippen molar-refractivity contribution in [3.05, 3.63) is 193 Å². The molecule has 10 aromatic carbocycles. The van der Waals surface area contributed by atoms with Crippen LogP contribution in [0.25, 0.3) is 108 Å². The highest BCUT2D eigenvalue weighted by Gasteiger charge is 2.36. The predicted octanol–water partition coefficient (Wildman–Crippen LogP) is 16.0. The minimum absolute atomic E-state index is 0.102. The smallest absolute Gasteiger partial charge is 0.0361 e. The van der Waals surface area contributed by atoms with Crippen molar-refractivity contribution in [3.8, 4) is 44.5 Å². The van der Waals surface area contributed by atoms with Crippen molar-refractivity contribution in [1.29, 1.82) is 0 Å². The average molecular weight is 729 g/mol. The van der Waals surface area contributed by atoms with E-state index in [4.69, 9.17) is 0 Å². The largest absolute Gasteiger partial charge is 0.135 e. The van der Waals surface area contributed by atoms with Crippen LogP contribution in [0.2, 0.25) is 0 Å². The van der Waals surface area contributed by atoms with Crippen molar-refractivity contribution in [2.24, 2.45) is 0 Å². The molecule has 0 nitrogen and oxygen atoms in total. The van der Waals surface area contributed by atoms with Gasteiger partial charge in [0.25, 0.3) is 0 Å². The SMILES string of the molecule is CC1(C)c2ccc(-c3c4ccccc4c(-c4ccc5cc(-c6ccccc6)ccc5c4)c4ccccc34)cc2-c2cc3cc4sc5ccccc5c4cc3cc21. The zero-order valence-electron chi connectivity index (χ0n) is 31.2. The van der Waals surface area contributed by atoms with E-state index in [9.17, 15) is 0 Å². The molecule has 1 aliphatic rings. The van der Waals surface area contributed by atoms with Gasteiger partial charge in [-0.25, -0.2) is 0 Å². The van der Waals surface area contributed by atoms with Crippen LogP contribution in [0.4, 0.5) is 0 Å². The van der Waals surface area contributed by atoms with Gasteiger partial charge in [0.15, 0.2) is 0 Å². The fraction of sp³-hybridized carbons (Fsp3) is 0.0545. The molecule has 0 radical (unpaired) electrons. The van der Waals surface area contributed by atoms with Crippen LogP contribution in [-0.4, -0.2) is 0 Å². The fourth-order valence-electron chi connectivity index (χ4n) is 9.83. The first-order valence-corrected chi connectivity index (χ1v) is 20.4. The van der Waals surface area contributed by atoms with Crippen LogP contribution in [0.5, 0.6) is 0 Å². The van der Waals surface area contributed by atoms with Gasteiger partial charge < -0.3 is 0 Å². The first-order chi connectivity index (χ1) is 27.5. The molecule has 0 fully saturated rings. The minimum Gasteiger partial charge on any atom is -0.135 e. The highest BCUT2D eigenvalue weighted by atomic mass is 32.1. The van der Waals surface area contributed by atoms with Crippen LogP contribution in [0.3, 0.4) is 0 Å². The molecular weight excluding hydrogens is 693 g/mol. The predicted molar refractivity (Wildman–Crippen MR) is 243 cm³/mol. The number of hydrogen-bond donors (Lipinski definition) is 0. The summed E-state index contributed by atoms with van der Waals surface area (Å²) >= 11 is 1.90. The molecule has 0 bridgehead atoms. The molecule has 1 aliphatic carbocycles. The van der Waals surface area contributed by atoms with Crippen molar-refractivity contribution in [1.82, 2.24) is 0 Å². The Kier molecular flexibility index (Phi) is 6.66. The quantitative estimate of drug-likeness (QED) is 0.159. The van der Waals surface area contributed by atoms with Gasteiger partial charge in [0.1, 0.15) is 0 Å². The van der Waals surface area contributed by atoms with E-state index in [0.717, 1.165) is 0 Å². The highest BCUT2D eigenvalue weighted by molar-refractivity contribution is 7.25. The second-order valence-electron chi connectivity index (χ2n) is 16.1. The van der Waals surface area contributed by atoms with Crippen molar-refractivity contribution in [2.45, 2.75) is 19.3 Å². The standard InChI is InChI=1S/C55H36S/c1-55(2)49-25-24-38(28-46(49)47-29-40-32-52-48(30-39(40)31-50(47)55)41-14-10-11-19-51(41)56-52)54-44-17-8-6-15-42(44)53(43-16-7-9-18-45(43)54)37-23-22-35-26-34(20-21-36(35)27-37)33-12-4-3-5-13-33/h3-32H,1-2H3. The molecule has 1 heterocycles. The molecular formula is C55H36S. The third kappa shape index (κ3) is 4.59. The highest BCUT2D eigenvalue weighted by Crippen LogP contribution is 2.53. The Morgan fingerprint density at radius 1 is 0.321 bits per heavy atom. The third-order valence-corrected chi connectivity index (χ3v) is 13.7. The maximum absolute atomic E-state index is 2.49. The average Bonchev–Trinajstić information content (AvgIpc) is 3.71. The van der Waals surface area contributed by atoms with Crippen molar-refractivity contribution in [3.63, 3.8) is 0 Å². The number of benzene rings is 10. The zero-order chi connectivity index (χ0) is 37.1. The van der Waals surface area contributed by atoms with Gasteiger partial charge in [0.2, 0.25) is 0 Å². The molecule has 262 valence electrons. The monoisotopic (exact) mass is 728 g/mol. The molecule has 0 N–H and O–H groups in total. The minimum atomic E-state index is -0.102. The van der Waals surface area contributed by atoms with E-state index in [-0.39, 0.29) is 5.41 Å². The van der Waals surface area contributed by atoms with Crippen LogP contribution in [0.1, 0.15) is 25.0 Å². The summed E-state index contributed by atoms with van der Waals surface area (Å²) in [6.07, 6.45) is 0. The van der Waals surface area contributed by atoms with Gasteiger partial charge in [0.05, 0.1) is 0 Å². The lowest BCUT2D eigenvalue weighted by Crippen LogP contribution is -2.14. The number of fused-ring (bicyclic) bond motifs is 10. The van der Waals surface area contributed by atoms with Crippen molar-refractivity contribution < 1.29 is 0 Å². The molecule has 1 heteroatoms. The summed E-state index contributed by atoms with van der Waals surface area (Å²) in [4.78, 5) is 0. The second kappa shape index (κ2) is 11.7. The second-order valence-corrected chi connectivity index (χ2v) is 17.1. The Morgan fingerprint density at radius 3 is 1.55 bits per heavy atom. The Bertz CT molecular complexity index is 3380. The molecule has 1 aromatic heterocycles. The summed E-state index contributed by atoms with van der Waals surface area (Å²) in [7, 11) is 0. The maximum atomic E-state index is 2.49. The topological polar surface area (TPSA) is 0 Å². The molecule has 0 amide bonds. The van der Waals surface area contributed by atoms with Gasteiger partial charge >= 0.3 is 0 Å². The van der Waals surface area contributed by atoms with E-state index >= 15 is 0 Å². The van der Waals surface area contributed by atoms with Gasteiger partial charge in [-0.2, -0.15) is 0 Å². The van der Waals surface area contributed by atoms with Gasteiger partial charge in [-0.15, -0.1) is 11.3 Å². The summed E-state index contributed by atoms with van der Waals surface area (Å²) in [5.74, 6) is 0. The van der Waals surface area contributed by atoms with E-state index in [2.05, 4.69) is 196 Å². The summed E-state index contributed by atoms with van der Waals surface area (Å²) in [6, 6.07) is 68.4. The lowest BCUT2D eigenvalue weighted by atomic mass is 9.81. The summed E-state index contributed by atoms with van der Waals surface area (Å²) < 4.78 is 2.70.